The quantitative estimate of drug-likeness (QED) is 0.848. The Kier molecular flexibility index (Phi) is 7.38. The minimum atomic E-state index is -0.103. The van der Waals surface area contributed by atoms with E-state index in [1.165, 1.54) is 0 Å². The first kappa shape index (κ1) is 18.5. The first-order chi connectivity index (χ1) is 10.1. The first-order valence-corrected chi connectivity index (χ1v) is 7.19. The van der Waals surface area contributed by atoms with Gasteiger partial charge in [0.2, 0.25) is 5.91 Å². The van der Waals surface area contributed by atoms with Crippen molar-refractivity contribution < 1.29 is 4.79 Å². The monoisotopic (exact) mass is 342 g/mol. The fraction of sp³-hybridized carbons (Fsp3) is 0.333. The molecule has 0 fully saturated rings. The van der Waals surface area contributed by atoms with Crippen molar-refractivity contribution in [2.24, 2.45) is 5.92 Å². The second-order valence-corrected chi connectivity index (χ2v) is 5.38. The Hall–Kier alpha value is -1.56. The number of amides is 1. The average Bonchev–Trinajstić information content (AvgIpc) is 2.89. The number of anilines is 1. The molecule has 1 unspecified atom stereocenters. The summed E-state index contributed by atoms with van der Waals surface area (Å²) < 4.78 is 1.76. The average molecular weight is 343 g/mol. The molecule has 1 aromatic heterocycles. The minimum absolute atomic E-state index is 0. The van der Waals surface area contributed by atoms with Crippen LogP contribution >= 0.6 is 24.0 Å². The van der Waals surface area contributed by atoms with Crippen LogP contribution in [-0.4, -0.2) is 29.3 Å². The molecule has 0 saturated carbocycles. The summed E-state index contributed by atoms with van der Waals surface area (Å²) in [7, 11) is 1.83. The van der Waals surface area contributed by atoms with E-state index in [1.54, 1.807) is 16.9 Å². The van der Waals surface area contributed by atoms with Crippen LogP contribution in [0.2, 0.25) is 5.02 Å². The van der Waals surface area contributed by atoms with Crippen LogP contribution in [0.15, 0.2) is 36.5 Å². The van der Waals surface area contributed by atoms with E-state index in [0.29, 0.717) is 23.9 Å². The van der Waals surface area contributed by atoms with Crippen LogP contribution in [0, 0.1) is 5.92 Å². The van der Waals surface area contributed by atoms with Crippen LogP contribution < -0.4 is 10.6 Å². The lowest BCUT2D eigenvalue weighted by molar-refractivity contribution is -0.119. The van der Waals surface area contributed by atoms with E-state index in [9.17, 15) is 4.79 Å². The number of nitrogens with one attached hydrogen (secondary N) is 2. The second-order valence-electron chi connectivity index (χ2n) is 4.95. The van der Waals surface area contributed by atoms with Crippen molar-refractivity contribution in [2.75, 3.05) is 18.9 Å². The van der Waals surface area contributed by atoms with Crippen molar-refractivity contribution in [2.45, 2.75) is 13.5 Å². The van der Waals surface area contributed by atoms with Gasteiger partial charge in [-0.05, 0) is 24.7 Å². The highest BCUT2D eigenvalue weighted by Gasteiger charge is 2.14. The first-order valence-electron chi connectivity index (χ1n) is 6.82. The van der Waals surface area contributed by atoms with E-state index in [2.05, 4.69) is 15.7 Å². The number of rotatable bonds is 6. The molecule has 7 heteroatoms. The van der Waals surface area contributed by atoms with E-state index in [-0.39, 0.29) is 24.2 Å². The molecule has 0 aliphatic carbocycles. The molecule has 2 rings (SSSR count). The molecule has 2 aromatic rings. The third-order valence-electron chi connectivity index (χ3n) is 3.17. The molecule has 22 heavy (non-hydrogen) atoms. The van der Waals surface area contributed by atoms with Gasteiger partial charge >= 0.3 is 0 Å². The van der Waals surface area contributed by atoms with Gasteiger partial charge in [0.1, 0.15) is 5.82 Å². The number of carbonyl (C=O) groups excluding carboxylic acids is 1. The molecule has 1 heterocycles. The Morgan fingerprint density at radius 3 is 2.64 bits per heavy atom. The van der Waals surface area contributed by atoms with Gasteiger partial charge < -0.3 is 10.6 Å². The lowest BCUT2D eigenvalue weighted by atomic mass is 10.1. The predicted octanol–water partition coefficient (Wildman–Crippen LogP) is 2.80. The number of hydrogen-bond acceptors (Lipinski definition) is 3. The normalized spacial score (nSPS) is 11.6. The van der Waals surface area contributed by atoms with Gasteiger partial charge in [0.15, 0.2) is 0 Å². The Labute approximate surface area is 141 Å². The third-order valence-corrected chi connectivity index (χ3v) is 3.42. The van der Waals surface area contributed by atoms with Crippen molar-refractivity contribution in [3.63, 3.8) is 0 Å². The molecule has 0 aliphatic heterocycles. The van der Waals surface area contributed by atoms with Crippen LogP contribution in [0.1, 0.15) is 12.5 Å². The van der Waals surface area contributed by atoms with Gasteiger partial charge in [0, 0.05) is 23.6 Å². The van der Waals surface area contributed by atoms with Crippen molar-refractivity contribution in [1.29, 1.82) is 0 Å². The van der Waals surface area contributed by atoms with E-state index in [4.69, 9.17) is 11.6 Å². The zero-order valence-corrected chi connectivity index (χ0v) is 14.1. The van der Waals surface area contributed by atoms with Crippen LogP contribution in [0.4, 0.5) is 5.82 Å². The molecule has 120 valence electrons. The van der Waals surface area contributed by atoms with E-state index < -0.39 is 0 Å². The SMILES string of the molecule is CNCC(C)C(=O)Nc1ccnn1Cc1ccc(Cl)cc1.Cl. The smallest absolute Gasteiger partial charge is 0.229 e. The molecular formula is C15H20Cl2N4O. The minimum Gasteiger partial charge on any atom is -0.319 e. The Morgan fingerprint density at radius 2 is 2.00 bits per heavy atom. The van der Waals surface area contributed by atoms with Crippen LogP contribution in [-0.2, 0) is 11.3 Å². The maximum atomic E-state index is 12.0. The Bertz CT molecular complexity index is 598. The fourth-order valence-electron chi connectivity index (χ4n) is 1.98. The van der Waals surface area contributed by atoms with Crippen LogP contribution in [0.3, 0.4) is 0 Å². The molecule has 1 atom stereocenters. The van der Waals surface area contributed by atoms with Gasteiger partial charge in [0.25, 0.3) is 0 Å². The molecule has 0 spiro atoms. The van der Waals surface area contributed by atoms with Gasteiger partial charge in [0.05, 0.1) is 12.7 Å². The lowest BCUT2D eigenvalue weighted by Crippen LogP contribution is -2.29. The summed E-state index contributed by atoms with van der Waals surface area (Å²) in [6, 6.07) is 9.36. The summed E-state index contributed by atoms with van der Waals surface area (Å²) in [5, 5.41) is 10.8. The van der Waals surface area contributed by atoms with Gasteiger partial charge in [-0.2, -0.15) is 5.10 Å². The second kappa shape index (κ2) is 8.78. The number of nitrogens with zero attached hydrogens (tertiary/aromatic N) is 2. The Morgan fingerprint density at radius 1 is 1.32 bits per heavy atom. The standard InChI is InChI=1S/C15H19ClN4O.ClH/c1-11(9-17-2)15(21)19-14-7-8-18-20(14)10-12-3-5-13(16)6-4-12;/h3-8,11,17H,9-10H2,1-2H3,(H,19,21);1H. The van der Waals surface area contributed by atoms with Gasteiger partial charge in [-0.15, -0.1) is 12.4 Å². The van der Waals surface area contributed by atoms with E-state index in [0.717, 1.165) is 5.56 Å². The predicted molar refractivity (Wildman–Crippen MR) is 91.7 cm³/mol. The molecule has 0 saturated heterocycles. The summed E-state index contributed by atoms with van der Waals surface area (Å²) in [6.07, 6.45) is 1.67. The van der Waals surface area contributed by atoms with Crippen molar-refractivity contribution in [3.05, 3.63) is 47.1 Å². The van der Waals surface area contributed by atoms with Gasteiger partial charge in [-0.25, -0.2) is 4.68 Å². The van der Waals surface area contributed by atoms with Crippen molar-refractivity contribution >= 4 is 35.7 Å². The summed E-state index contributed by atoms with van der Waals surface area (Å²) in [5.41, 5.74) is 1.07. The zero-order valence-electron chi connectivity index (χ0n) is 12.5. The summed E-state index contributed by atoms with van der Waals surface area (Å²) in [6.45, 7) is 3.10. The molecule has 0 radical (unpaired) electrons. The lowest BCUT2D eigenvalue weighted by Gasteiger charge is -2.13. The van der Waals surface area contributed by atoms with Gasteiger partial charge in [-0.3, -0.25) is 4.79 Å². The largest absolute Gasteiger partial charge is 0.319 e. The zero-order chi connectivity index (χ0) is 15.2. The summed E-state index contributed by atoms with van der Waals surface area (Å²) >= 11 is 5.87. The maximum absolute atomic E-state index is 12.0. The molecule has 5 nitrogen and oxygen atoms in total. The molecule has 1 amide bonds. The third kappa shape index (κ3) is 5.02. The Balaban J connectivity index is 0.00000242. The number of carbonyl (C=O) groups is 1. The summed E-state index contributed by atoms with van der Waals surface area (Å²) in [5.74, 6) is 0.564. The number of benzene rings is 1. The molecular weight excluding hydrogens is 323 g/mol. The van der Waals surface area contributed by atoms with E-state index >= 15 is 0 Å². The highest BCUT2D eigenvalue weighted by Crippen LogP contribution is 2.14. The molecule has 1 aromatic carbocycles. The summed E-state index contributed by atoms with van der Waals surface area (Å²) in [4.78, 5) is 12.0. The van der Waals surface area contributed by atoms with Crippen LogP contribution in [0.25, 0.3) is 0 Å². The van der Waals surface area contributed by atoms with Crippen LogP contribution in [0.5, 0.6) is 0 Å². The van der Waals surface area contributed by atoms with E-state index in [1.807, 2.05) is 38.2 Å². The molecule has 0 bridgehead atoms. The molecule has 2 N–H and O–H groups in total. The number of aromatic nitrogens is 2. The van der Waals surface area contributed by atoms with Gasteiger partial charge in [-0.1, -0.05) is 30.7 Å². The maximum Gasteiger partial charge on any atom is 0.229 e. The number of hydrogen-bond donors (Lipinski definition) is 2. The highest BCUT2D eigenvalue weighted by atomic mass is 35.5. The van der Waals surface area contributed by atoms with Crippen molar-refractivity contribution in [3.8, 4) is 0 Å². The fourth-order valence-corrected chi connectivity index (χ4v) is 2.10. The molecule has 0 aliphatic rings. The van der Waals surface area contributed by atoms with Crippen molar-refractivity contribution in [1.82, 2.24) is 15.1 Å². The highest BCUT2D eigenvalue weighted by molar-refractivity contribution is 6.30. The number of halogens is 2. The topological polar surface area (TPSA) is 59.0 Å².